The molecule has 5 heteroatoms. The Balaban J connectivity index is 2.27. The van der Waals surface area contributed by atoms with Gasteiger partial charge in [0.05, 0.1) is 4.92 Å². The first kappa shape index (κ1) is 14.0. The molecule has 0 fully saturated rings. The molecule has 0 bridgehead atoms. The number of nitrogens with one attached hydrogen (secondary N) is 1. The third-order valence-corrected chi connectivity index (χ3v) is 3.36. The second-order valence-corrected chi connectivity index (χ2v) is 4.60. The van der Waals surface area contributed by atoms with Crippen LogP contribution < -0.4 is 5.32 Å². The molecule has 104 valence electrons. The van der Waals surface area contributed by atoms with Crippen molar-refractivity contribution < 1.29 is 9.31 Å². The van der Waals surface area contributed by atoms with Gasteiger partial charge in [0.2, 0.25) is 0 Å². The maximum atomic E-state index is 13.7. The third-order valence-electron chi connectivity index (χ3n) is 3.36. The zero-order chi connectivity index (χ0) is 14.7. The molecular formula is C15H15FN2O2. The van der Waals surface area contributed by atoms with Crippen LogP contribution in [0.15, 0.2) is 36.4 Å². The number of nitro groups is 1. The molecule has 0 heterocycles. The summed E-state index contributed by atoms with van der Waals surface area (Å²) in [6.07, 6.45) is 0. The number of hydrogen-bond acceptors (Lipinski definition) is 3. The Labute approximate surface area is 116 Å². The molecule has 0 saturated heterocycles. The minimum atomic E-state index is -0.621. The Kier molecular flexibility index (Phi) is 3.98. The largest absolute Gasteiger partial charge is 0.373 e. The quantitative estimate of drug-likeness (QED) is 0.678. The molecule has 0 saturated carbocycles. The monoisotopic (exact) mass is 274 g/mol. The van der Waals surface area contributed by atoms with Crippen LogP contribution in [0.3, 0.4) is 0 Å². The van der Waals surface area contributed by atoms with E-state index in [1.54, 1.807) is 0 Å². The van der Waals surface area contributed by atoms with E-state index >= 15 is 0 Å². The average molecular weight is 274 g/mol. The lowest BCUT2D eigenvalue weighted by Crippen LogP contribution is -2.06. The van der Waals surface area contributed by atoms with Crippen LogP contribution in [-0.2, 0) is 6.54 Å². The number of nitrogens with zero attached hydrogens (tertiary/aromatic N) is 1. The van der Waals surface area contributed by atoms with Crippen molar-refractivity contribution >= 4 is 11.4 Å². The molecule has 0 aliphatic carbocycles. The van der Waals surface area contributed by atoms with Gasteiger partial charge in [-0.1, -0.05) is 24.3 Å². The molecule has 0 amide bonds. The molecule has 2 rings (SSSR count). The number of benzene rings is 2. The van der Waals surface area contributed by atoms with Crippen LogP contribution in [0.4, 0.5) is 15.8 Å². The molecular weight excluding hydrogens is 259 g/mol. The number of hydrogen-bond donors (Lipinski definition) is 1. The smallest absolute Gasteiger partial charge is 0.295 e. The van der Waals surface area contributed by atoms with Gasteiger partial charge >= 0.3 is 0 Å². The van der Waals surface area contributed by atoms with Crippen molar-refractivity contribution in [1.82, 2.24) is 0 Å². The van der Waals surface area contributed by atoms with E-state index in [2.05, 4.69) is 5.32 Å². The molecule has 20 heavy (non-hydrogen) atoms. The van der Waals surface area contributed by atoms with Gasteiger partial charge in [0.15, 0.2) is 5.82 Å². The summed E-state index contributed by atoms with van der Waals surface area (Å²) in [7, 11) is 0. The topological polar surface area (TPSA) is 55.2 Å². The number of aryl methyl sites for hydroxylation is 1. The van der Waals surface area contributed by atoms with Gasteiger partial charge in [-0.05, 0) is 36.6 Å². The van der Waals surface area contributed by atoms with Gasteiger partial charge < -0.3 is 5.32 Å². The van der Waals surface area contributed by atoms with Crippen molar-refractivity contribution in [3.8, 4) is 0 Å². The highest BCUT2D eigenvalue weighted by atomic mass is 19.1. The van der Waals surface area contributed by atoms with Crippen molar-refractivity contribution in [2.24, 2.45) is 0 Å². The Morgan fingerprint density at radius 3 is 2.60 bits per heavy atom. The van der Waals surface area contributed by atoms with Gasteiger partial charge in [-0.25, -0.2) is 4.39 Å². The second-order valence-electron chi connectivity index (χ2n) is 4.60. The second kappa shape index (κ2) is 5.69. The first-order valence-electron chi connectivity index (χ1n) is 6.22. The summed E-state index contributed by atoms with van der Waals surface area (Å²) in [4.78, 5) is 10.3. The number of anilines is 1. The zero-order valence-electron chi connectivity index (χ0n) is 11.3. The standard InChI is InChI=1S/C15H15FN2O2/c1-10-5-3-6-12(11(10)2)9-17-15-13(16)7-4-8-14(15)18(19)20/h3-8,17H,9H2,1-2H3. The van der Waals surface area contributed by atoms with Crippen LogP contribution in [0.25, 0.3) is 0 Å². The van der Waals surface area contributed by atoms with Gasteiger partial charge in [0.25, 0.3) is 5.69 Å². The molecule has 0 aromatic heterocycles. The molecule has 2 aromatic carbocycles. The fourth-order valence-corrected chi connectivity index (χ4v) is 2.03. The predicted octanol–water partition coefficient (Wildman–Crippen LogP) is 3.96. The average Bonchev–Trinajstić information content (AvgIpc) is 2.41. The summed E-state index contributed by atoms with van der Waals surface area (Å²) in [5.41, 5.74) is 2.89. The van der Waals surface area contributed by atoms with E-state index in [0.29, 0.717) is 6.54 Å². The van der Waals surface area contributed by atoms with Crippen molar-refractivity contribution in [1.29, 1.82) is 0 Å². The van der Waals surface area contributed by atoms with E-state index in [1.165, 1.54) is 18.2 Å². The lowest BCUT2D eigenvalue weighted by atomic mass is 10.0. The molecule has 0 aliphatic rings. The SMILES string of the molecule is Cc1cccc(CNc2c(F)cccc2[N+](=O)[O-])c1C. The Bertz CT molecular complexity index is 656. The molecule has 0 unspecified atom stereocenters. The summed E-state index contributed by atoms with van der Waals surface area (Å²) in [6.45, 7) is 4.31. The van der Waals surface area contributed by atoms with Gasteiger partial charge in [0.1, 0.15) is 5.69 Å². The normalized spacial score (nSPS) is 10.3. The van der Waals surface area contributed by atoms with Gasteiger partial charge in [-0.15, -0.1) is 0 Å². The molecule has 4 nitrogen and oxygen atoms in total. The zero-order valence-corrected chi connectivity index (χ0v) is 11.3. The Morgan fingerprint density at radius 2 is 1.90 bits per heavy atom. The summed E-state index contributed by atoms with van der Waals surface area (Å²) in [5.74, 6) is -0.621. The maximum Gasteiger partial charge on any atom is 0.295 e. The summed E-state index contributed by atoms with van der Waals surface area (Å²) < 4.78 is 13.7. The lowest BCUT2D eigenvalue weighted by Gasteiger charge is -2.11. The fraction of sp³-hybridized carbons (Fsp3) is 0.200. The summed E-state index contributed by atoms with van der Waals surface area (Å²) in [5, 5.41) is 13.7. The van der Waals surface area contributed by atoms with Crippen molar-refractivity contribution in [3.05, 3.63) is 69.0 Å². The van der Waals surface area contributed by atoms with Crippen molar-refractivity contribution in [3.63, 3.8) is 0 Å². The number of para-hydroxylation sites is 1. The van der Waals surface area contributed by atoms with Crippen LogP contribution in [0.2, 0.25) is 0 Å². The molecule has 0 atom stereocenters. The van der Waals surface area contributed by atoms with Gasteiger partial charge in [-0.2, -0.15) is 0 Å². The van der Waals surface area contributed by atoms with E-state index in [9.17, 15) is 14.5 Å². The molecule has 0 radical (unpaired) electrons. The first-order chi connectivity index (χ1) is 9.50. The minimum Gasteiger partial charge on any atom is -0.373 e. The van der Waals surface area contributed by atoms with Crippen molar-refractivity contribution in [2.75, 3.05) is 5.32 Å². The van der Waals surface area contributed by atoms with Crippen LogP contribution >= 0.6 is 0 Å². The first-order valence-corrected chi connectivity index (χ1v) is 6.22. The Morgan fingerprint density at radius 1 is 1.20 bits per heavy atom. The minimum absolute atomic E-state index is 0.0709. The molecule has 1 N–H and O–H groups in total. The van der Waals surface area contributed by atoms with Gasteiger partial charge in [0, 0.05) is 12.6 Å². The third kappa shape index (κ3) is 2.77. The number of nitro benzene ring substituents is 1. The van der Waals surface area contributed by atoms with E-state index in [0.717, 1.165) is 16.7 Å². The summed E-state index contributed by atoms with van der Waals surface area (Å²) in [6, 6.07) is 9.64. The van der Waals surface area contributed by atoms with Crippen molar-refractivity contribution in [2.45, 2.75) is 20.4 Å². The number of halogens is 1. The predicted molar refractivity (Wildman–Crippen MR) is 76.3 cm³/mol. The highest BCUT2D eigenvalue weighted by Crippen LogP contribution is 2.27. The van der Waals surface area contributed by atoms with E-state index < -0.39 is 10.7 Å². The number of rotatable bonds is 4. The summed E-state index contributed by atoms with van der Waals surface area (Å²) >= 11 is 0. The lowest BCUT2D eigenvalue weighted by molar-refractivity contribution is -0.384. The highest BCUT2D eigenvalue weighted by molar-refractivity contribution is 5.62. The van der Waals surface area contributed by atoms with Crippen LogP contribution in [0, 0.1) is 29.8 Å². The molecule has 0 spiro atoms. The highest BCUT2D eigenvalue weighted by Gasteiger charge is 2.17. The maximum absolute atomic E-state index is 13.7. The van der Waals surface area contributed by atoms with Crippen LogP contribution in [-0.4, -0.2) is 4.92 Å². The van der Waals surface area contributed by atoms with Crippen LogP contribution in [0.1, 0.15) is 16.7 Å². The molecule has 0 aliphatic heterocycles. The van der Waals surface area contributed by atoms with Gasteiger partial charge in [-0.3, -0.25) is 10.1 Å². The van der Waals surface area contributed by atoms with E-state index in [4.69, 9.17) is 0 Å². The van der Waals surface area contributed by atoms with Crippen LogP contribution in [0.5, 0.6) is 0 Å². The Hall–Kier alpha value is -2.43. The fourth-order valence-electron chi connectivity index (χ4n) is 2.03. The van der Waals surface area contributed by atoms with E-state index in [1.807, 2.05) is 32.0 Å². The molecule has 2 aromatic rings. The van der Waals surface area contributed by atoms with E-state index in [-0.39, 0.29) is 11.4 Å².